The van der Waals surface area contributed by atoms with Gasteiger partial charge < -0.3 is 4.74 Å². The maximum atomic E-state index is 11.4. The molecule has 1 rings (SSSR count). The van der Waals surface area contributed by atoms with Crippen LogP contribution in [0.25, 0.3) is 0 Å². The van der Waals surface area contributed by atoms with Gasteiger partial charge in [0.2, 0.25) is 0 Å². The number of nitrogens with zero attached hydrogens (tertiary/aromatic N) is 2. The zero-order valence-corrected chi connectivity index (χ0v) is 11.1. The first-order chi connectivity index (χ1) is 8.22. The van der Waals surface area contributed by atoms with E-state index in [2.05, 4.69) is 9.73 Å². The van der Waals surface area contributed by atoms with Crippen LogP contribution in [0.15, 0.2) is 4.99 Å². The summed E-state index contributed by atoms with van der Waals surface area (Å²) in [7, 11) is 1.30. The Balaban J connectivity index is 2.77. The van der Waals surface area contributed by atoms with Crippen LogP contribution in [0.2, 0.25) is 0 Å². The van der Waals surface area contributed by atoms with Gasteiger partial charge >= 0.3 is 5.97 Å². The van der Waals surface area contributed by atoms with Crippen molar-refractivity contribution in [2.75, 3.05) is 13.4 Å². The Labute approximate surface area is 106 Å². The molecule has 1 atom stereocenters. The molecule has 0 spiro atoms. The first-order valence-electron chi connectivity index (χ1n) is 5.82. The van der Waals surface area contributed by atoms with E-state index in [4.69, 9.17) is 5.26 Å². The quantitative estimate of drug-likeness (QED) is 0.441. The van der Waals surface area contributed by atoms with Crippen molar-refractivity contribution in [3.63, 3.8) is 0 Å². The van der Waals surface area contributed by atoms with Gasteiger partial charge in [-0.3, -0.25) is 9.79 Å². The van der Waals surface area contributed by atoms with E-state index in [1.165, 1.54) is 38.1 Å². The number of esters is 1. The van der Waals surface area contributed by atoms with E-state index in [0.717, 1.165) is 12.8 Å². The summed E-state index contributed by atoms with van der Waals surface area (Å²) in [4.78, 5) is 16.0. The lowest BCUT2D eigenvalue weighted by Gasteiger charge is -2.19. The third-order valence-electron chi connectivity index (χ3n) is 2.91. The van der Waals surface area contributed by atoms with E-state index in [1.807, 2.05) is 12.3 Å². The second-order valence-electron chi connectivity index (χ2n) is 4.05. The van der Waals surface area contributed by atoms with Crippen LogP contribution in [0.1, 0.15) is 32.1 Å². The predicted molar refractivity (Wildman–Crippen MR) is 68.9 cm³/mol. The summed E-state index contributed by atoms with van der Waals surface area (Å²) >= 11 is 1.37. The molecule has 0 aromatic rings. The first kappa shape index (κ1) is 14.0. The predicted octanol–water partition coefficient (Wildman–Crippen LogP) is 2.39. The lowest BCUT2D eigenvalue weighted by atomic mass is 9.96. The number of rotatable bonds is 3. The summed E-state index contributed by atoms with van der Waals surface area (Å²) in [6.45, 7) is 0. The van der Waals surface area contributed by atoms with E-state index in [-0.39, 0.29) is 6.04 Å². The average Bonchev–Trinajstić information content (AvgIpc) is 2.39. The van der Waals surface area contributed by atoms with E-state index >= 15 is 0 Å². The molecular weight excluding hydrogens is 236 g/mol. The molecule has 0 saturated heterocycles. The van der Waals surface area contributed by atoms with Crippen molar-refractivity contribution >= 4 is 22.8 Å². The molecule has 0 aliphatic heterocycles. The van der Waals surface area contributed by atoms with Crippen LogP contribution in [0.5, 0.6) is 0 Å². The zero-order chi connectivity index (χ0) is 12.7. The van der Waals surface area contributed by atoms with Gasteiger partial charge in [-0.15, -0.1) is 11.8 Å². The molecule has 1 aliphatic rings. The normalized spacial score (nSPS) is 19.5. The number of carbonyl (C=O) groups excluding carboxylic acids is 1. The average molecular weight is 254 g/mol. The standard InChI is InChI=1S/C12H18N2O2S/c1-16-12(15)10(8-13)11(17-2)14-9-6-4-3-5-7-9/h9-10H,3-7H2,1-2H3. The van der Waals surface area contributed by atoms with Crippen LogP contribution in [-0.2, 0) is 9.53 Å². The highest BCUT2D eigenvalue weighted by Crippen LogP contribution is 2.23. The third kappa shape index (κ3) is 4.04. The molecule has 0 aromatic carbocycles. The van der Waals surface area contributed by atoms with Crippen molar-refractivity contribution in [3.05, 3.63) is 0 Å². The van der Waals surface area contributed by atoms with Crippen LogP contribution in [0, 0.1) is 17.2 Å². The summed E-state index contributed by atoms with van der Waals surface area (Å²) in [6, 6.07) is 2.24. The van der Waals surface area contributed by atoms with Crippen molar-refractivity contribution in [3.8, 4) is 6.07 Å². The molecule has 0 radical (unpaired) electrons. The fraction of sp³-hybridized carbons (Fsp3) is 0.750. The lowest BCUT2D eigenvalue weighted by molar-refractivity contribution is -0.141. The monoisotopic (exact) mass is 254 g/mol. The Morgan fingerprint density at radius 2 is 2.12 bits per heavy atom. The van der Waals surface area contributed by atoms with E-state index in [0.29, 0.717) is 5.04 Å². The van der Waals surface area contributed by atoms with Crippen LogP contribution < -0.4 is 0 Å². The second-order valence-corrected chi connectivity index (χ2v) is 4.88. The highest BCUT2D eigenvalue weighted by Gasteiger charge is 2.26. The Morgan fingerprint density at radius 3 is 2.59 bits per heavy atom. The number of aliphatic imine (C=N–C) groups is 1. The number of hydrogen-bond donors (Lipinski definition) is 0. The second kappa shape index (κ2) is 7.33. The van der Waals surface area contributed by atoms with E-state index in [9.17, 15) is 4.79 Å². The minimum Gasteiger partial charge on any atom is -0.468 e. The highest BCUT2D eigenvalue weighted by molar-refractivity contribution is 8.13. The molecule has 0 amide bonds. The third-order valence-corrected chi connectivity index (χ3v) is 3.67. The Kier molecular flexibility index (Phi) is 6.06. The van der Waals surface area contributed by atoms with Gasteiger partial charge in [0.15, 0.2) is 5.92 Å². The summed E-state index contributed by atoms with van der Waals surface area (Å²) in [5.74, 6) is -1.38. The van der Waals surface area contributed by atoms with Gasteiger partial charge in [-0.25, -0.2) is 0 Å². The number of methoxy groups -OCH3 is 1. The molecule has 0 aromatic heterocycles. The topological polar surface area (TPSA) is 62.5 Å². The molecule has 1 fully saturated rings. The SMILES string of the molecule is COC(=O)C(C#N)C(=NC1CCCCC1)SC. The summed E-state index contributed by atoms with van der Waals surface area (Å²) in [5, 5.41) is 9.60. The van der Waals surface area contributed by atoms with Crippen molar-refractivity contribution in [2.45, 2.75) is 38.1 Å². The number of nitriles is 1. The summed E-state index contributed by atoms with van der Waals surface area (Å²) in [5.41, 5.74) is 0. The fourth-order valence-electron chi connectivity index (χ4n) is 1.96. The minimum atomic E-state index is -0.864. The van der Waals surface area contributed by atoms with Gasteiger partial charge in [-0.05, 0) is 19.1 Å². The molecule has 1 saturated carbocycles. The van der Waals surface area contributed by atoms with Gasteiger partial charge in [0.1, 0.15) is 0 Å². The van der Waals surface area contributed by atoms with Gasteiger partial charge in [0.25, 0.3) is 0 Å². The molecule has 1 aliphatic carbocycles. The molecule has 4 nitrogen and oxygen atoms in total. The highest BCUT2D eigenvalue weighted by atomic mass is 32.2. The lowest BCUT2D eigenvalue weighted by Crippen LogP contribution is -2.24. The van der Waals surface area contributed by atoms with E-state index < -0.39 is 11.9 Å². The number of ether oxygens (including phenoxy) is 1. The fourth-order valence-corrected chi connectivity index (χ4v) is 2.60. The van der Waals surface area contributed by atoms with Crippen LogP contribution in [-0.4, -0.2) is 30.4 Å². The Morgan fingerprint density at radius 1 is 1.47 bits per heavy atom. The molecular formula is C12H18N2O2S. The van der Waals surface area contributed by atoms with Crippen molar-refractivity contribution in [2.24, 2.45) is 10.9 Å². The van der Waals surface area contributed by atoms with Crippen LogP contribution in [0.3, 0.4) is 0 Å². The maximum Gasteiger partial charge on any atom is 0.329 e. The van der Waals surface area contributed by atoms with Crippen LogP contribution in [0.4, 0.5) is 0 Å². The molecule has 17 heavy (non-hydrogen) atoms. The van der Waals surface area contributed by atoms with Gasteiger partial charge in [-0.1, -0.05) is 19.3 Å². The van der Waals surface area contributed by atoms with E-state index in [1.54, 1.807) is 0 Å². The van der Waals surface area contributed by atoms with Gasteiger partial charge in [0.05, 0.1) is 24.3 Å². The number of hydrogen-bond acceptors (Lipinski definition) is 5. The number of carbonyl (C=O) groups is 1. The Bertz CT molecular complexity index is 330. The van der Waals surface area contributed by atoms with Gasteiger partial charge in [-0.2, -0.15) is 5.26 Å². The molecule has 0 N–H and O–H groups in total. The Hall–Kier alpha value is -1.02. The van der Waals surface area contributed by atoms with Crippen molar-refractivity contribution in [1.29, 1.82) is 5.26 Å². The van der Waals surface area contributed by atoms with Crippen molar-refractivity contribution < 1.29 is 9.53 Å². The zero-order valence-electron chi connectivity index (χ0n) is 10.3. The summed E-state index contributed by atoms with van der Waals surface area (Å²) < 4.78 is 4.62. The molecule has 94 valence electrons. The largest absolute Gasteiger partial charge is 0.468 e. The van der Waals surface area contributed by atoms with Crippen LogP contribution >= 0.6 is 11.8 Å². The smallest absolute Gasteiger partial charge is 0.329 e. The minimum absolute atomic E-state index is 0.270. The number of thioether (sulfide) groups is 1. The molecule has 5 heteroatoms. The molecule has 0 heterocycles. The maximum absolute atomic E-state index is 11.4. The summed E-state index contributed by atoms with van der Waals surface area (Å²) in [6.07, 6.45) is 7.59. The van der Waals surface area contributed by atoms with Gasteiger partial charge in [0, 0.05) is 0 Å². The molecule has 1 unspecified atom stereocenters. The molecule has 0 bridgehead atoms. The van der Waals surface area contributed by atoms with Crippen molar-refractivity contribution in [1.82, 2.24) is 0 Å². The first-order valence-corrected chi connectivity index (χ1v) is 7.04.